The molecule has 1 rings (SSSR count). The van der Waals surface area contributed by atoms with Crippen LogP contribution in [0.2, 0.25) is 0 Å². The van der Waals surface area contributed by atoms with Crippen molar-refractivity contribution in [1.82, 2.24) is 5.32 Å². The van der Waals surface area contributed by atoms with E-state index >= 15 is 0 Å². The minimum Gasteiger partial charge on any atom is -0.310 e. The van der Waals surface area contributed by atoms with Crippen LogP contribution >= 0.6 is 0 Å². The van der Waals surface area contributed by atoms with E-state index in [0.29, 0.717) is 11.5 Å². The number of hydrogen-bond donors (Lipinski definition) is 1. The second-order valence-electron chi connectivity index (χ2n) is 5.34. The fraction of sp³-hybridized carbons (Fsp3) is 0.600. The van der Waals surface area contributed by atoms with Crippen LogP contribution < -0.4 is 5.32 Å². The van der Waals surface area contributed by atoms with Crippen LogP contribution in [0, 0.1) is 5.92 Å². The lowest BCUT2D eigenvalue weighted by molar-refractivity contribution is -0.137. The van der Waals surface area contributed by atoms with Gasteiger partial charge in [0.05, 0.1) is 5.56 Å². The van der Waals surface area contributed by atoms with Crippen molar-refractivity contribution in [1.29, 1.82) is 0 Å². The molecule has 0 heterocycles. The van der Waals surface area contributed by atoms with E-state index in [2.05, 4.69) is 19.2 Å². The fourth-order valence-corrected chi connectivity index (χ4v) is 1.93. The summed E-state index contributed by atoms with van der Waals surface area (Å²) in [4.78, 5) is 0. The Bertz CT molecular complexity index is 385. The topological polar surface area (TPSA) is 12.0 Å². The smallest absolute Gasteiger partial charge is 0.310 e. The lowest BCUT2D eigenvalue weighted by Crippen LogP contribution is -2.20. The average Bonchev–Trinajstić information content (AvgIpc) is 2.33. The molecule has 0 aromatic heterocycles. The highest BCUT2D eigenvalue weighted by Gasteiger charge is 2.30. The van der Waals surface area contributed by atoms with Gasteiger partial charge in [-0.1, -0.05) is 26.0 Å². The fourth-order valence-electron chi connectivity index (χ4n) is 1.93. The molecule has 0 amide bonds. The summed E-state index contributed by atoms with van der Waals surface area (Å²) in [5.74, 6) is 0.658. The Kier molecular flexibility index (Phi) is 5.85. The van der Waals surface area contributed by atoms with Gasteiger partial charge in [0, 0.05) is 6.04 Å². The Hall–Kier alpha value is -1.03. The molecule has 19 heavy (non-hydrogen) atoms. The van der Waals surface area contributed by atoms with Crippen molar-refractivity contribution < 1.29 is 13.2 Å². The quantitative estimate of drug-likeness (QED) is 0.735. The second kappa shape index (κ2) is 6.94. The maximum Gasteiger partial charge on any atom is 0.416 e. The summed E-state index contributed by atoms with van der Waals surface area (Å²) in [5, 5.41) is 3.27. The summed E-state index contributed by atoms with van der Waals surface area (Å²) in [6.45, 7) is 7.05. The maximum atomic E-state index is 12.6. The molecule has 1 nitrogen and oxygen atoms in total. The average molecular weight is 273 g/mol. The van der Waals surface area contributed by atoms with E-state index in [-0.39, 0.29) is 6.04 Å². The van der Waals surface area contributed by atoms with Crippen LogP contribution in [-0.2, 0) is 6.18 Å². The van der Waals surface area contributed by atoms with Gasteiger partial charge in [0.25, 0.3) is 0 Å². The highest BCUT2D eigenvalue weighted by molar-refractivity contribution is 5.27. The van der Waals surface area contributed by atoms with Crippen molar-refractivity contribution in [3.63, 3.8) is 0 Å². The highest BCUT2D eigenvalue weighted by Crippen LogP contribution is 2.30. The van der Waals surface area contributed by atoms with Gasteiger partial charge in [-0.25, -0.2) is 0 Å². The molecule has 0 aliphatic heterocycles. The van der Waals surface area contributed by atoms with E-state index in [1.807, 2.05) is 6.92 Å². The number of benzene rings is 1. The molecular formula is C15H22F3N. The molecule has 0 spiro atoms. The summed E-state index contributed by atoms with van der Waals surface area (Å²) < 4.78 is 37.8. The normalized spacial score (nSPS) is 13.8. The molecule has 0 radical (unpaired) electrons. The molecule has 0 bridgehead atoms. The Balaban J connectivity index is 2.55. The molecule has 4 heteroatoms. The Morgan fingerprint density at radius 2 is 1.84 bits per heavy atom. The third kappa shape index (κ3) is 5.64. The Labute approximate surface area is 113 Å². The predicted octanol–water partition coefficient (Wildman–Crippen LogP) is 4.79. The summed E-state index contributed by atoms with van der Waals surface area (Å²) in [6.07, 6.45) is -2.10. The molecule has 1 N–H and O–H groups in total. The zero-order valence-corrected chi connectivity index (χ0v) is 11.7. The SMILES string of the molecule is CC(C)CCCNC(C)c1cccc(C(F)(F)F)c1. The zero-order valence-electron chi connectivity index (χ0n) is 11.7. The molecular weight excluding hydrogens is 251 g/mol. The van der Waals surface area contributed by atoms with Crippen molar-refractivity contribution >= 4 is 0 Å². The van der Waals surface area contributed by atoms with Crippen LogP contribution in [0.5, 0.6) is 0 Å². The Morgan fingerprint density at radius 3 is 2.42 bits per heavy atom. The molecule has 0 saturated heterocycles. The number of hydrogen-bond acceptors (Lipinski definition) is 1. The van der Waals surface area contributed by atoms with Crippen molar-refractivity contribution in [2.24, 2.45) is 5.92 Å². The molecule has 0 saturated carbocycles. The predicted molar refractivity (Wildman–Crippen MR) is 71.9 cm³/mol. The first kappa shape index (κ1) is 16.0. The van der Waals surface area contributed by atoms with Gasteiger partial charge in [-0.05, 0) is 49.9 Å². The van der Waals surface area contributed by atoms with E-state index in [1.165, 1.54) is 12.1 Å². The molecule has 0 aliphatic rings. The number of halogens is 3. The summed E-state index contributed by atoms with van der Waals surface area (Å²) in [7, 11) is 0. The van der Waals surface area contributed by atoms with E-state index in [0.717, 1.165) is 25.5 Å². The first-order valence-corrected chi connectivity index (χ1v) is 6.71. The molecule has 0 fully saturated rings. The number of alkyl halides is 3. The minimum atomic E-state index is -4.27. The zero-order chi connectivity index (χ0) is 14.5. The van der Waals surface area contributed by atoms with Crippen LogP contribution in [-0.4, -0.2) is 6.54 Å². The van der Waals surface area contributed by atoms with Crippen LogP contribution in [0.1, 0.15) is 50.8 Å². The minimum absolute atomic E-state index is 0.0607. The standard InChI is InChI=1S/C15H22F3N/c1-11(2)6-5-9-19-12(3)13-7-4-8-14(10-13)15(16,17)18/h4,7-8,10-12,19H,5-6,9H2,1-3H3. The van der Waals surface area contributed by atoms with Gasteiger partial charge in [-0.2, -0.15) is 13.2 Å². The van der Waals surface area contributed by atoms with E-state index in [9.17, 15) is 13.2 Å². The van der Waals surface area contributed by atoms with Gasteiger partial charge in [-0.3, -0.25) is 0 Å². The first-order valence-electron chi connectivity index (χ1n) is 6.71. The highest BCUT2D eigenvalue weighted by atomic mass is 19.4. The van der Waals surface area contributed by atoms with Gasteiger partial charge in [0.2, 0.25) is 0 Å². The maximum absolute atomic E-state index is 12.6. The Morgan fingerprint density at radius 1 is 1.16 bits per heavy atom. The van der Waals surface area contributed by atoms with E-state index in [4.69, 9.17) is 0 Å². The third-order valence-electron chi connectivity index (χ3n) is 3.12. The van der Waals surface area contributed by atoms with Gasteiger partial charge in [-0.15, -0.1) is 0 Å². The van der Waals surface area contributed by atoms with Crippen LogP contribution in [0.3, 0.4) is 0 Å². The van der Waals surface area contributed by atoms with Gasteiger partial charge >= 0.3 is 6.18 Å². The largest absolute Gasteiger partial charge is 0.416 e. The van der Waals surface area contributed by atoms with Crippen molar-refractivity contribution in [3.05, 3.63) is 35.4 Å². The van der Waals surface area contributed by atoms with Crippen molar-refractivity contribution in [2.45, 2.75) is 45.8 Å². The van der Waals surface area contributed by atoms with E-state index in [1.54, 1.807) is 6.07 Å². The lowest BCUT2D eigenvalue weighted by atomic mass is 10.0. The van der Waals surface area contributed by atoms with Gasteiger partial charge in [0.15, 0.2) is 0 Å². The number of rotatable bonds is 6. The van der Waals surface area contributed by atoms with Crippen LogP contribution in [0.15, 0.2) is 24.3 Å². The monoisotopic (exact) mass is 273 g/mol. The van der Waals surface area contributed by atoms with Crippen LogP contribution in [0.4, 0.5) is 13.2 Å². The van der Waals surface area contributed by atoms with Gasteiger partial charge in [0.1, 0.15) is 0 Å². The summed E-state index contributed by atoms with van der Waals surface area (Å²) >= 11 is 0. The molecule has 1 aromatic carbocycles. The molecule has 0 aliphatic carbocycles. The van der Waals surface area contributed by atoms with Gasteiger partial charge < -0.3 is 5.32 Å². The van der Waals surface area contributed by atoms with Crippen molar-refractivity contribution in [3.8, 4) is 0 Å². The lowest BCUT2D eigenvalue weighted by Gasteiger charge is -2.16. The van der Waals surface area contributed by atoms with Crippen molar-refractivity contribution in [2.75, 3.05) is 6.54 Å². The first-order chi connectivity index (χ1) is 8.80. The number of nitrogens with one attached hydrogen (secondary N) is 1. The molecule has 1 atom stereocenters. The summed E-state index contributed by atoms with van der Waals surface area (Å²) in [6, 6.07) is 5.46. The van der Waals surface area contributed by atoms with Crippen LogP contribution in [0.25, 0.3) is 0 Å². The molecule has 1 aromatic rings. The molecule has 1 unspecified atom stereocenters. The summed E-state index contributed by atoms with van der Waals surface area (Å²) in [5.41, 5.74) is 0.0974. The second-order valence-corrected chi connectivity index (χ2v) is 5.34. The molecule has 108 valence electrons. The van der Waals surface area contributed by atoms with E-state index < -0.39 is 11.7 Å². The third-order valence-corrected chi connectivity index (χ3v) is 3.12.